The molecule has 0 aliphatic carbocycles. The normalized spacial score (nSPS) is 11.4. The van der Waals surface area contributed by atoms with E-state index in [0.29, 0.717) is 12.6 Å². The molecule has 23 heavy (non-hydrogen) atoms. The first-order valence-corrected chi connectivity index (χ1v) is 7.32. The van der Waals surface area contributed by atoms with Crippen molar-refractivity contribution < 1.29 is 9.47 Å². The Balaban J connectivity index is 2.21. The zero-order chi connectivity index (χ0) is 16.8. The Kier molecular flexibility index (Phi) is 5.65. The molecule has 6 heteroatoms. The molecule has 0 atom stereocenters. The second kappa shape index (κ2) is 7.69. The summed E-state index contributed by atoms with van der Waals surface area (Å²) in [6.07, 6.45) is 0. The van der Waals surface area contributed by atoms with Gasteiger partial charge in [0.15, 0.2) is 0 Å². The van der Waals surface area contributed by atoms with Crippen molar-refractivity contribution in [2.75, 3.05) is 19.6 Å². The van der Waals surface area contributed by atoms with E-state index in [-0.39, 0.29) is 0 Å². The van der Waals surface area contributed by atoms with E-state index < -0.39 is 0 Å². The molecule has 0 fully saturated rings. The summed E-state index contributed by atoms with van der Waals surface area (Å²) >= 11 is 0. The van der Waals surface area contributed by atoms with Gasteiger partial charge in [-0.3, -0.25) is 0 Å². The summed E-state index contributed by atoms with van der Waals surface area (Å²) in [5.74, 6) is 1.29. The molecule has 0 amide bonds. The Labute approximate surface area is 136 Å². The molecule has 1 aromatic carbocycles. The van der Waals surface area contributed by atoms with Crippen LogP contribution < -0.4 is 10.2 Å². The maximum Gasteiger partial charge on any atom is 0.243 e. The fourth-order valence-corrected chi connectivity index (χ4v) is 2.25. The van der Waals surface area contributed by atoms with Gasteiger partial charge in [-0.25, -0.2) is 15.4 Å². The maximum atomic E-state index is 5.33. The standard InChI is InChI=1S/C17H22N4O2/c1-11-8-12(2)19-17(18-11)21-20-13(3)14-6-7-16(23-5)15(9-14)10-22-4/h6-9H,10H2,1-5H3,(H,18,19,21)/b20-13-. The van der Waals surface area contributed by atoms with Gasteiger partial charge in [-0.1, -0.05) is 0 Å². The Hall–Kier alpha value is -2.47. The Morgan fingerprint density at radius 3 is 2.43 bits per heavy atom. The molecule has 1 N–H and O–H groups in total. The molecule has 2 rings (SSSR count). The van der Waals surface area contributed by atoms with Gasteiger partial charge < -0.3 is 9.47 Å². The number of methoxy groups -OCH3 is 2. The van der Waals surface area contributed by atoms with Crippen LogP contribution in [-0.4, -0.2) is 29.9 Å². The SMILES string of the molecule is COCc1cc(/C(C)=N\Nc2nc(C)cc(C)n2)ccc1OC. The third kappa shape index (κ3) is 4.50. The lowest BCUT2D eigenvalue weighted by Crippen LogP contribution is -2.05. The van der Waals surface area contributed by atoms with Crippen molar-refractivity contribution in [3.63, 3.8) is 0 Å². The molecule has 1 heterocycles. The minimum atomic E-state index is 0.484. The van der Waals surface area contributed by atoms with Gasteiger partial charge in [0.25, 0.3) is 0 Å². The molecule has 0 radical (unpaired) electrons. The van der Waals surface area contributed by atoms with Gasteiger partial charge in [-0.15, -0.1) is 0 Å². The highest BCUT2D eigenvalue weighted by atomic mass is 16.5. The number of hydrogen-bond acceptors (Lipinski definition) is 6. The van der Waals surface area contributed by atoms with Gasteiger partial charge in [-0.05, 0) is 50.6 Å². The molecule has 0 spiro atoms. The van der Waals surface area contributed by atoms with E-state index in [1.807, 2.05) is 45.0 Å². The smallest absolute Gasteiger partial charge is 0.243 e. The Morgan fingerprint density at radius 2 is 1.83 bits per heavy atom. The monoisotopic (exact) mass is 314 g/mol. The van der Waals surface area contributed by atoms with Crippen LogP contribution in [-0.2, 0) is 11.3 Å². The van der Waals surface area contributed by atoms with E-state index in [9.17, 15) is 0 Å². The molecule has 122 valence electrons. The van der Waals surface area contributed by atoms with E-state index in [2.05, 4.69) is 20.5 Å². The minimum Gasteiger partial charge on any atom is -0.496 e. The van der Waals surface area contributed by atoms with Crippen LogP contribution >= 0.6 is 0 Å². The fourth-order valence-electron chi connectivity index (χ4n) is 2.25. The van der Waals surface area contributed by atoms with E-state index in [0.717, 1.165) is 34.0 Å². The Bertz CT molecular complexity index is 693. The van der Waals surface area contributed by atoms with Crippen molar-refractivity contribution in [1.29, 1.82) is 0 Å². The average Bonchev–Trinajstić information content (AvgIpc) is 2.52. The van der Waals surface area contributed by atoms with Crippen LogP contribution in [0.25, 0.3) is 0 Å². The molecule has 0 aliphatic heterocycles. The molecular weight excluding hydrogens is 292 g/mol. The summed E-state index contributed by atoms with van der Waals surface area (Å²) in [6, 6.07) is 7.80. The predicted octanol–water partition coefficient (Wildman–Crippen LogP) is 3.08. The maximum absolute atomic E-state index is 5.33. The molecule has 0 saturated heterocycles. The largest absolute Gasteiger partial charge is 0.496 e. The molecule has 1 aromatic heterocycles. The van der Waals surface area contributed by atoms with Gasteiger partial charge in [0.2, 0.25) is 5.95 Å². The molecule has 0 unspecified atom stereocenters. The van der Waals surface area contributed by atoms with Gasteiger partial charge in [0.1, 0.15) is 5.75 Å². The first kappa shape index (κ1) is 16.9. The molecule has 0 saturated carbocycles. The lowest BCUT2D eigenvalue weighted by Gasteiger charge is -2.10. The van der Waals surface area contributed by atoms with E-state index in [1.165, 1.54) is 0 Å². The minimum absolute atomic E-state index is 0.484. The van der Waals surface area contributed by atoms with Crippen molar-refractivity contribution in [3.05, 3.63) is 46.8 Å². The summed E-state index contributed by atoms with van der Waals surface area (Å²) in [4.78, 5) is 8.61. The Morgan fingerprint density at radius 1 is 1.13 bits per heavy atom. The van der Waals surface area contributed by atoms with Crippen molar-refractivity contribution in [3.8, 4) is 5.75 Å². The summed E-state index contributed by atoms with van der Waals surface area (Å²) in [5.41, 5.74) is 7.50. The highest BCUT2D eigenvalue weighted by molar-refractivity contribution is 5.99. The first-order chi connectivity index (χ1) is 11.0. The number of nitrogens with zero attached hydrogens (tertiary/aromatic N) is 3. The van der Waals surface area contributed by atoms with Gasteiger partial charge >= 0.3 is 0 Å². The van der Waals surface area contributed by atoms with Gasteiger partial charge in [-0.2, -0.15) is 5.10 Å². The highest BCUT2D eigenvalue weighted by Gasteiger charge is 2.06. The number of hydrogen-bond donors (Lipinski definition) is 1. The second-order valence-electron chi connectivity index (χ2n) is 5.24. The van der Waals surface area contributed by atoms with Crippen molar-refractivity contribution in [1.82, 2.24) is 9.97 Å². The van der Waals surface area contributed by atoms with E-state index >= 15 is 0 Å². The van der Waals surface area contributed by atoms with Crippen LogP contribution in [0.2, 0.25) is 0 Å². The topological polar surface area (TPSA) is 68.6 Å². The second-order valence-corrected chi connectivity index (χ2v) is 5.24. The lowest BCUT2D eigenvalue weighted by atomic mass is 10.1. The first-order valence-electron chi connectivity index (χ1n) is 7.32. The van der Waals surface area contributed by atoms with Crippen LogP contribution in [0.3, 0.4) is 0 Å². The van der Waals surface area contributed by atoms with Gasteiger partial charge in [0.05, 0.1) is 19.4 Å². The van der Waals surface area contributed by atoms with Crippen LogP contribution in [0.1, 0.15) is 29.4 Å². The van der Waals surface area contributed by atoms with E-state index in [1.54, 1.807) is 14.2 Å². The van der Waals surface area contributed by atoms with Crippen LogP contribution in [0.4, 0.5) is 5.95 Å². The number of aryl methyl sites for hydroxylation is 2. The predicted molar refractivity (Wildman–Crippen MR) is 91.0 cm³/mol. The van der Waals surface area contributed by atoms with Crippen LogP contribution in [0.15, 0.2) is 29.4 Å². The van der Waals surface area contributed by atoms with Crippen LogP contribution in [0.5, 0.6) is 5.75 Å². The van der Waals surface area contributed by atoms with Crippen molar-refractivity contribution in [2.45, 2.75) is 27.4 Å². The number of aromatic nitrogens is 2. The molecule has 0 aliphatic rings. The molecule has 2 aromatic rings. The number of hydrazone groups is 1. The summed E-state index contributed by atoms with van der Waals surface area (Å²) in [5, 5.41) is 4.36. The third-order valence-corrected chi connectivity index (χ3v) is 3.30. The van der Waals surface area contributed by atoms with Gasteiger partial charge in [0, 0.05) is 24.1 Å². The average molecular weight is 314 g/mol. The number of nitrogens with one attached hydrogen (secondary N) is 1. The highest BCUT2D eigenvalue weighted by Crippen LogP contribution is 2.21. The zero-order valence-corrected chi connectivity index (χ0v) is 14.2. The van der Waals surface area contributed by atoms with Crippen molar-refractivity contribution >= 4 is 11.7 Å². The molecular formula is C17H22N4O2. The summed E-state index contributed by atoms with van der Waals surface area (Å²) in [6.45, 7) is 6.26. The third-order valence-electron chi connectivity index (χ3n) is 3.30. The molecule has 6 nitrogen and oxygen atoms in total. The summed E-state index contributed by atoms with van der Waals surface area (Å²) < 4.78 is 10.5. The number of anilines is 1. The van der Waals surface area contributed by atoms with Crippen molar-refractivity contribution in [2.24, 2.45) is 5.10 Å². The van der Waals surface area contributed by atoms with Crippen LogP contribution in [0, 0.1) is 13.8 Å². The quantitative estimate of drug-likeness (QED) is 0.655. The number of rotatable bonds is 6. The fraction of sp³-hybridized carbons (Fsp3) is 0.353. The lowest BCUT2D eigenvalue weighted by molar-refractivity contribution is 0.181. The molecule has 0 bridgehead atoms. The van der Waals surface area contributed by atoms with E-state index in [4.69, 9.17) is 9.47 Å². The zero-order valence-electron chi connectivity index (χ0n) is 14.2. The summed E-state index contributed by atoms with van der Waals surface area (Å²) in [7, 11) is 3.31. The number of ether oxygens (including phenoxy) is 2. The number of benzene rings is 1.